The van der Waals surface area contributed by atoms with Crippen molar-refractivity contribution in [1.82, 2.24) is 10.2 Å². The third kappa shape index (κ3) is 4.40. The first-order valence-electron chi connectivity index (χ1n) is 10.5. The molecule has 1 fully saturated rings. The lowest BCUT2D eigenvalue weighted by Gasteiger charge is -2.19. The average molecular weight is 404 g/mol. The Morgan fingerprint density at radius 2 is 1.90 bits per heavy atom. The van der Waals surface area contributed by atoms with E-state index in [1.807, 2.05) is 24.3 Å². The van der Waals surface area contributed by atoms with Crippen LogP contribution in [-0.4, -0.2) is 23.2 Å². The quantitative estimate of drug-likeness (QED) is 0.576. The van der Waals surface area contributed by atoms with Crippen LogP contribution in [0.25, 0.3) is 11.3 Å². The first-order chi connectivity index (χ1) is 14.3. The fourth-order valence-electron chi connectivity index (χ4n) is 3.64. The zero-order valence-corrected chi connectivity index (χ0v) is 18.1. The summed E-state index contributed by atoms with van der Waals surface area (Å²) in [5.74, 6) is 1.15. The number of aromatic nitrogens is 2. The van der Waals surface area contributed by atoms with Crippen molar-refractivity contribution in [1.29, 1.82) is 0 Å². The highest BCUT2D eigenvalue weighted by Crippen LogP contribution is 2.45. The maximum Gasteiger partial charge on any atom is 0.228 e. The predicted molar refractivity (Wildman–Crippen MR) is 120 cm³/mol. The number of carbonyl (C=O) groups excluding carboxylic acids is 1. The van der Waals surface area contributed by atoms with Crippen molar-refractivity contribution < 1.29 is 9.53 Å². The van der Waals surface area contributed by atoms with Gasteiger partial charge in [0.2, 0.25) is 5.91 Å². The van der Waals surface area contributed by atoms with Gasteiger partial charge in [-0.25, -0.2) is 0 Å². The van der Waals surface area contributed by atoms with E-state index in [1.165, 1.54) is 5.56 Å². The molecule has 2 aromatic carbocycles. The summed E-state index contributed by atoms with van der Waals surface area (Å²) < 4.78 is 5.26. The lowest BCUT2D eigenvalue weighted by atomic mass is 9.86. The standard InChI is InChI=1S/C25H29N3O2/c1-25(2,3)19-12-10-18(11-13-19)23-24(22(27-28-23)17-8-9-17)26-21(29)15-16-6-5-7-20(14-16)30-4/h5-7,10-14,17H,8-9,15H2,1-4H3,(H,26,29)(H,27,28). The monoisotopic (exact) mass is 403 g/mol. The third-order valence-electron chi connectivity index (χ3n) is 5.57. The Bertz CT molecular complexity index is 1040. The number of aromatic amines is 1. The minimum Gasteiger partial charge on any atom is -0.497 e. The zero-order chi connectivity index (χ0) is 21.3. The van der Waals surface area contributed by atoms with Crippen LogP contribution in [0.3, 0.4) is 0 Å². The maximum absolute atomic E-state index is 12.9. The van der Waals surface area contributed by atoms with Gasteiger partial charge in [0.1, 0.15) is 11.4 Å². The molecule has 1 aliphatic rings. The van der Waals surface area contributed by atoms with Gasteiger partial charge in [0.25, 0.3) is 0 Å². The van der Waals surface area contributed by atoms with E-state index in [4.69, 9.17) is 4.74 Å². The molecule has 0 atom stereocenters. The number of methoxy groups -OCH3 is 1. The Hall–Kier alpha value is -3.08. The summed E-state index contributed by atoms with van der Waals surface area (Å²) in [6, 6.07) is 16.1. The zero-order valence-electron chi connectivity index (χ0n) is 18.1. The van der Waals surface area contributed by atoms with Gasteiger partial charge in [0.15, 0.2) is 0 Å². The second-order valence-corrected chi connectivity index (χ2v) is 9.04. The van der Waals surface area contributed by atoms with Crippen LogP contribution in [0, 0.1) is 0 Å². The average Bonchev–Trinajstić information content (AvgIpc) is 3.48. The van der Waals surface area contributed by atoms with Gasteiger partial charge in [-0.15, -0.1) is 0 Å². The number of nitrogens with zero attached hydrogens (tertiary/aromatic N) is 1. The Morgan fingerprint density at radius 3 is 2.53 bits per heavy atom. The number of hydrogen-bond acceptors (Lipinski definition) is 3. The van der Waals surface area contributed by atoms with Gasteiger partial charge < -0.3 is 10.1 Å². The molecule has 1 aromatic heterocycles. The highest BCUT2D eigenvalue weighted by molar-refractivity contribution is 5.97. The summed E-state index contributed by atoms with van der Waals surface area (Å²) in [6.07, 6.45) is 2.54. The van der Waals surface area contributed by atoms with Crippen LogP contribution in [0.1, 0.15) is 56.4 Å². The van der Waals surface area contributed by atoms with Crippen LogP contribution in [0.4, 0.5) is 5.69 Å². The number of anilines is 1. The molecule has 30 heavy (non-hydrogen) atoms. The molecule has 3 aromatic rings. The number of nitrogens with one attached hydrogen (secondary N) is 2. The van der Waals surface area contributed by atoms with Crippen LogP contribution >= 0.6 is 0 Å². The second kappa shape index (κ2) is 7.98. The van der Waals surface area contributed by atoms with E-state index in [9.17, 15) is 4.79 Å². The van der Waals surface area contributed by atoms with Crippen molar-refractivity contribution in [2.45, 2.75) is 51.4 Å². The Labute approximate surface area is 177 Å². The molecule has 0 aliphatic heterocycles. The number of hydrogen-bond donors (Lipinski definition) is 2. The van der Waals surface area contributed by atoms with E-state index < -0.39 is 0 Å². The molecule has 5 nitrogen and oxygen atoms in total. The lowest BCUT2D eigenvalue weighted by molar-refractivity contribution is -0.115. The van der Waals surface area contributed by atoms with Crippen LogP contribution in [0.5, 0.6) is 5.75 Å². The van der Waals surface area contributed by atoms with Crippen molar-refractivity contribution in [3.8, 4) is 17.0 Å². The molecule has 0 saturated heterocycles. The molecule has 5 heteroatoms. The van der Waals surface area contributed by atoms with Crippen molar-refractivity contribution >= 4 is 11.6 Å². The number of carbonyl (C=O) groups is 1. The van der Waals surface area contributed by atoms with E-state index in [1.54, 1.807) is 7.11 Å². The van der Waals surface area contributed by atoms with Crippen molar-refractivity contribution in [2.24, 2.45) is 0 Å². The van der Waals surface area contributed by atoms with E-state index >= 15 is 0 Å². The van der Waals surface area contributed by atoms with Crippen LogP contribution in [0.2, 0.25) is 0 Å². The van der Waals surface area contributed by atoms with E-state index in [2.05, 4.69) is 60.6 Å². The third-order valence-corrected chi connectivity index (χ3v) is 5.57. The number of rotatable bonds is 6. The molecule has 1 amide bonds. The Morgan fingerprint density at radius 1 is 1.17 bits per heavy atom. The van der Waals surface area contributed by atoms with Gasteiger partial charge in [0, 0.05) is 11.5 Å². The highest BCUT2D eigenvalue weighted by atomic mass is 16.5. The molecular formula is C25H29N3O2. The number of benzene rings is 2. The van der Waals surface area contributed by atoms with Gasteiger partial charge in [0.05, 0.1) is 24.9 Å². The second-order valence-electron chi connectivity index (χ2n) is 9.04. The van der Waals surface area contributed by atoms with Gasteiger partial charge in [-0.2, -0.15) is 5.10 Å². The maximum atomic E-state index is 12.9. The molecule has 156 valence electrons. The summed E-state index contributed by atoms with van der Waals surface area (Å²) in [7, 11) is 1.63. The fraction of sp³-hybridized carbons (Fsp3) is 0.360. The largest absolute Gasteiger partial charge is 0.497 e. The van der Waals surface area contributed by atoms with E-state index in [0.29, 0.717) is 5.92 Å². The van der Waals surface area contributed by atoms with Gasteiger partial charge in [-0.3, -0.25) is 9.89 Å². The van der Waals surface area contributed by atoms with Crippen molar-refractivity contribution in [3.05, 3.63) is 65.4 Å². The van der Waals surface area contributed by atoms with Crippen molar-refractivity contribution in [3.63, 3.8) is 0 Å². The molecular weight excluding hydrogens is 374 g/mol. The normalized spacial score (nSPS) is 13.9. The summed E-state index contributed by atoms with van der Waals surface area (Å²) in [5.41, 5.74) is 5.93. The van der Waals surface area contributed by atoms with Crippen LogP contribution in [0.15, 0.2) is 48.5 Å². The SMILES string of the molecule is COc1cccc(CC(=O)Nc2c(-c3ccc(C(C)(C)C)cc3)n[nH]c2C2CC2)c1. The minimum atomic E-state index is -0.0564. The Balaban J connectivity index is 1.59. The highest BCUT2D eigenvalue weighted by Gasteiger charge is 2.31. The lowest BCUT2D eigenvalue weighted by Crippen LogP contribution is -2.15. The number of H-pyrrole nitrogens is 1. The van der Waals surface area contributed by atoms with Crippen molar-refractivity contribution in [2.75, 3.05) is 12.4 Å². The molecule has 0 bridgehead atoms. The first-order valence-corrected chi connectivity index (χ1v) is 10.5. The summed E-state index contributed by atoms with van der Waals surface area (Å²) >= 11 is 0. The summed E-state index contributed by atoms with van der Waals surface area (Å²) in [4.78, 5) is 12.9. The summed E-state index contributed by atoms with van der Waals surface area (Å²) in [5, 5.41) is 10.9. The molecule has 2 N–H and O–H groups in total. The fourth-order valence-corrected chi connectivity index (χ4v) is 3.64. The van der Waals surface area contributed by atoms with Gasteiger partial charge in [-0.05, 0) is 41.5 Å². The van der Waals surface area contributed by atoms with E-state index in [-0.39, 0.29) is 17.7 Å². The molecule has 4 rings (SSSR count). The molecule has 0 unspecified atom stereocenters. The smallest absolute Gasteiger partial charge is 0.228 e. The number of amides is 1. The van der Waals surface area contributed by atoms with Gasteiger partial charge in [-0.1, -0.05) is 57.2 Å². The molecule has 0 radical (unpaired) electrons. The molecule has 1 heterocycles. The minimum absolute atomic E-state index is 0.0564. The topological polar surface area (TPSA) is 67.0 Å². The first kappa shape index (κ1) is 20.2. The predicted octanol–water partition coefficient (Wildman–Crippen LogP) is 5.44. The van der Waals surface area contributed by atoms with E-state index in [0.717, 1.165) is 46.8 Å². The Kier molecular flexibility index (Phi) is 5.37. The van der Waals surface area contributed by atoms with Gasteiger partial charge >= 0.3 is 0 Å². The summed E-state index contributed by atoms with van der Waals surface area (Å²) in [6.45, 7) is 6.60. The van der Waals surface area contributed by atoms with Crippen LogP contribution in [-0.2, 0) is 16.6 Å². The molecule has 1 saturated carbocycles. The van der Waals surface area contributed by atoms with Crippen LogP contribution < -0.4 is 10.1 Å². The molecule has 0 spiro atoms. The molecule has 1 aliphatic carbocycles. The number of ether oxygens (including phenoxy) is 1.